The first kappa shape index (κ1) is 16.2. The second-order valence-corrected chi connectivity index (χ2v) is 6.30. The van der Waals surface area contributed by atoms with Crippen LogP contribution in [0, 0.1) is 0 Å². The molecule has 1 saturated heterocycles. The second kappa shape index (κ2) is 7.71. The Hall–Kier alpha value is -1.20. The van der Waals surface area contributed by atoms with Crippen molar-refractivity contribution >= 4 is 27.6 Å². The number of rotatable bonds is 5. The fourth-order valence-electron chi connectivity index (χ4n) is 2.53. The number of carbonyl (C=O) groups excluding carboxylic acids is 2. The molecule has 0 unspecified atom stereocenters. The molecule has 0 spiro atoms. The van der Waals surface area contributed by atoms with Crippen LogP contribution in [0.4, 0.5) is 0 Å². The van der Waals surface area contributed by atoms with Gasteiger partial charge in [0.15, 0.2) is 5.78 Å². The molecule has 0 aromatic heterocycles. The van der Waals surface area contributed by atoms with Crippen LogP contribution in [-0.4, -0.2) is 54.2 Å². The maximum absolute atomic E-state index is 12.1. The monoisotopic (exact) mass is 352 g/mol. The molecule has 0 aliphatic carbocycles. The summed E-state index contributed by atoms with van der Waals surface area (Å²) < 4.78 is 0.988. The van der Waals surface area contributed by atoms with Crippen molar-refractivity contribution in [1.82, 2.24) is 9.80 Å². The molecule has 1 aliphatic heterocycles. The summed E-state index contributed by atoms with van der Waals surface area (Å²) in [5.41, 5.74) is 0.777. The molecule has 0 radical (unpaired) electrons. The van der Waals surface area contributed by atoms with Gasteiger partial charge in [0, 0.05) is 49.6 Å². The molecular formula is C16H21BrN2O2. The van der Waals surface area contributed by atoms with Crippen LogP contribution in [-0.2, 0) is 4.79 Å². The van der Waals surface area contributed by atoms with Crippen LogP contribution in [0.5, 0.6) is 0 Å². The Labute approximate surface area is 134 Å². The van der Waals surface area contributed by atoms with Crippen molar-refractivity contribution in [2.75, 3.05) is 32.7 Å². The predicted molar refractivity (Wildman–Crippen MR) is 86.4 cm³/mol. The van der Waals surface area contributed by atoms with Crippen LogP contribution >= 0.6 is 15.9 Å². The van der Waals surface area contributed by atoms with E-state index in [9.17, 15) is 9.59 Å². The molecule has 5 heteroatoms. The van der Waals surface area contributed by atoms with Gasteiger partial charge in [-0.2, -0.15) is 0 Å². The Bertz CT molecular complexity index is 494. The zero-order chi connectivity index (χ0) is 15.2. The van der Waals surface area contributed by atoms with Gasteiger partial charge >= 0.3 is 0 Å². The number of benzene rings is 1. The van der Waals surface area contributed by atoms with Crippen LogP contribution in [0.15, 0.2) is 28.7 Å². The van der Waals surface area contributed by atoms with Gasteiger partial charge in [-0.05, 0) is 25.1 Å². The highest BCUT2D eigenvalue weighted by molar-refractivity contribution is 9.10. The first-order chi connectivity index (χ1) is 10.1. The number of nitrogens with zero attached hydrogens (tertiary/aromatic N) is 2. The summed E-state index contributed by atoms with van der Waals surface area (Å²) in [4.78, 5) is 27.5. The number of hydrogen-bond acceptors (Lipinski definition) is 3. The van der Waals surface area contributed by atoms with Crippen molar-refractivity contribution in [2.45, 2.75) is 19.8 Å². The summed E-state index contributed by atoms with van der Waals surface area (Å²) in [6.45, 7) is 5.96. The molecule has 1 aliphatic rings. The zero-order valence-electron chi connectivity index (χ0n) is 12.3. The molecule has 114 valence electrons. The van der Waals surface area contributed by atoms with Gasteiger partial charge in [-0.3, -0.25) is 14.5 Å². The number of amides is 1. The normalized spacial score (nSPS) is 16.0. The molecule has 21 heavy (non-hydrogen) atoms. The summed E-state index contributed by atoms with van der Waals surface area (Å²) in [5, 5.41) is 0. The summed E-state index contributed by atoms with van der Waals surface area (Å²) in [6.07, 6.45) is 1.45. The van der Waals surface area contributed by atoms with Gasteiger partial charge in [-0.1, -0.05) is 28.1 Å². The van der Waals surface area contributed by atoms with E-state index in [-0.39, 0.29) is 11.7 Å². The fraction of sp³-hybridized carbons (Fsp3) is 0.500. The van der Waals surface area contributed by atoms with Gasteiger partial charge in [0.1, 0.15) is 0 Å². The lowest BCUT2D eigenvalue weighted by molar-refractivity contribution is -0.130. The van der Waals surface area contributed by atoms with Crippen LogP contribution in [0.2, 0.25) is 0 Å². The molecule has 1 heterocycles. The SMILES string of the molecule is CC(=O)N1CCN(CCCC(=O)c2ccc(Br)cc2)CC1. The van der Waals surface area contributed by atoms with Gasteiger partial charge in [0.05, 0.1) is 0 Å². The Kier molecular flexibility index (Phi) is 5.94. The van der Waals surface area contributed by atoms with Gasteiger partial charge in [-0.15, -0.1) is 0 Å². The molecule has 0 bridgehead atoms. The maximum Gasteiger partial charge on any atom is 0.219 e. The largest absolute Gasteiger partial charge is 0.340 e. The Morgan fingerprint density at radius 1 is 1.10 bits per heavy atom. The first-order valence-electron chi connectivity index (χ1n) is 7.33. The average Bonchev–Trinajstić information content (AvgIpc) is 2.48. The van der Waals surface area contributed by atoms with E-state index in [1.54, 1.807) is 6.92 Å². The average molecular weight is 353 g/mol. The summed E-state index contributed by atoms with van der Waals surface area (Å²) in [7, 11) is 0. The summed E-state index contributed by atoms with van der Waals surface area (Å²) >= 11 is 3.37. The Balaban J connectivity index is 1.69. The molecule has 4 nitrogen and oxygen atoms in total. The van der Waals surface area contributed by atoms with E-state index in [1.165, 1.54) is 0 Å². The highest BCUT2D eigenvalue weighted by atomic mass is 79.9. The van der Waals surface area contributed by atoms with Gasteiger partial charge in [-0.25, -0.2) is 0 Å². The first-order valence-corrected chi connectivity index (χ1v) is 8.12. The highest BCUT2D eigenvalue weighted by Gasteiger charge is 2.18. The predicted octanol–water partition coefficient (Wildman–Crippen LogP) is 2.58. The van der Waals surface area contributed by atoms with E-state index in [0.29, 0.717) is 6.42 Å². The fourth-order valence-corrected chi connectivity index (χ4v) is 2.79. The minimum Gasteiger partial charge on any atom is -0.340 e. The molecule has 0 atom stereocenters. The number of hydrogen-bond donors (Lipinski definition) is 0. The molecule has 1 fully saturated rings. The number of piperazine rings is 1. The molecule has 0 N–H and O–H groups in total. The van der Waals surface area contributed by atoms with Gasteiger partial charge in [0.25, 0.3) is 0 Å². The summed E-state index contributed by atoms with van der Waals surface area (Å²) in [5.74, 6) is 0.352. The Morgan fingerprint density at radius 3 is 2.29 bits per heavy atom. The van der Waals surface area contributed by atoms with Crippen molar-refractivity contribution < 1.29 is 9.59 Å². The van der Waals surface area contributed by atoms with Crippen LogP contribution < -0.4 is 0 Å². The molecule has 1 aromatic rings. The van der Waals surface area contributed by atoms with Crippen molar-refractivity contribution in [3.8, 4) is 0 Å². The Morgan fingerprint density at radius 2 is 1.71 bits per heavy atom. The lowest BCUT2D eigenvalue weighted by Gasteiger charge is -2.34. The highest BCUT2D eigenvalue weighted by Crippen LogP contribution is 2.13. The topological polar surface area (TPSA) is 40.6 Å². The smallest absolute Gasteiger partial charge is 0.219 e. The van der Waals surface area contributed by atoms with Crippen molar-refractivity contribution in [3.63, 3.8) is 0 Å². The third-order valence-electron chi connectivity index (χ3n) is 3.86. The minimum atomic E-state index is 0.153. The molecule has 1 amide bonds. The van der Waals surface area contributed by atoms with Crippen LogP contribution in [0.3, 0.4) is 0 Å². The lowest BCUT2D eigenvalue weighted by atomic mass is 10.1. The van der Waals surface area contributed by atoms with Crippen molar-refractivity contribution in [2.24, 2.45) is 0 Å². The number of Topliss-reactive ketones (excluding diaryl/α,β-unsaturated/α-hetero) is 1. The van der Waals surface area contributed by atoms with Crippen molar-refractivity contribution in [1.29, 1.82) is 0 Å². The van der Waals surface area contributed by atoms with Gasteiger partial charge < -0.3 is 4.90 Å². The maximum atomic E-state index is 12.1. The van der Waals surface area contributed by atoms with E-state index in [1.807, 2.05) is 29.2 Å². The van der Waals surface area contributed by atoms with Crippen LogP contribution in [0.25, 0.3) is 0 Å². The molecular weight excluding hydrogens is 332 g/mol. The number of carbonyl (C=O) groups is 2. The third kappa shape index (κ3) is 4.93. The zero-order valence-corrected chi connectivity index (χ0v) is 13.9. The van der Waals surface area contributed by atoms with E-state index < -0.39 is 0 Å². The molecule has 2 rings (SSSR count). The van der Waals surface area contributed by atoms with Crippen molar-refractivity contribution in [3.05, 3.63) is 34.3 Å². The quantitative estimate of drug-likeness (QED) is 0.764. The molecule has 1 aromatic carbocycles. The van der Waals surface area contributed by atoms with E-state index in [2.05, 4.69) is 20.8 Å². The minimum absolute atomic E-state index is 0.153. The van der Waals surface area contributed by atoms with E-state index >= 15 is 0 Å². The standard InChI is InChI=1S/C16H21BrN2O2/c1-13(20)19-11-9-18(10-12-19)8-2-3-16(21)14-4-6-15(17)7-5-14/h4-7H,2-3,8-12H2,1H3. The number of ketones is 1. The number of halogens is 1. The van der Waals surface area contributed by atoms with E-state index in [0.717, 1.165) is 49.2 Å². The van der Waals surface area contributed by atoms with E-state index in [4.69, 9.17) is 0 Å². The second-order valence-electron chi connectivity index (χ2n) is 5.38. The van der Waals surface area contributed by atoms with Crippen LogP contribution in [0.1, 0.15) is 30.1 Å². The van der Waals surface area contributed by atoms with Gasteiger partial charge in [0.2, 0.25) is 5.91 Å². The molecule has 0 saturated carbocycles. The third-order valence-corrected chi connectivity index (χ3v) is 4.39. The summed E-state index contributed by atoms with van der Waals surface area (Å²) in [6, 6.07) is 7.51. The lowest BCUT2D eigenvalue weighted by Crippen LogP contribution is -2.48.